The summed E-state index contributed by atoms with van der Waals surface area (Å²) >= 11 is 1.54. The fraction of sp³-hybridized carbons (Fsp3) is 0.579. The number of nitrogens with zero attached hydrogens (tertiary/aromatic N) is 3. The number of hydrogen-bond donors (Lipinski definition) is 0. The van der Waals surface area contributed by atoms with Crippen molar-refractivity contribution in [2.45, 2.75) is 22.6 Å². The number of carbonyl (C=O) groups is 2. The van der Waals surface area contributed by atoms with E-state index >= 15 is 0 Å². The van der Waals surface area contributed by atoms with Gasteiger partial charge >= 0.3 is 0 Å². The quantitative estimate of drug-likeness (QED) is 0.652. The minimum atomic E-state index is -3.70. The summed E-state index contributed by atoms with van der Waals surface area (Å²) in [6.07, 6.45) is 0.933. The van der Waals surface area contributed by atoms with E-state index in [1.165, 1.54) is 28.2 Å². The van der Waals surface area contributed by atoms with Crippen LogP contribution in [0.5, 0.6) is 11.5 Å². The molecule has 2 amide bonds. The van der Waals surface area contributed by atoms with Crippen molar-refractivity contribution in [3.63, 3.8) is 0 Å². The SMILES string of the molecule is O=C1CC[C@@]2(C(=O)N3CCN(S(=O)(=O)c4ccc5c(c4)OCCO5)CC3)SCCN12. The minimum Gasteiger partial charge on any atom is -0.486 e. The Kier molecular flexibility index (Phi) is 4.86. The lowest BCUT2D eigenvalue weighted by molar-refractivity contribution is -0.143. The van der Waals surface area contributed by atoms with Gasteiger partial charge in [0.25, 0.3) is 5.91 Å². The number of carbonyl (C=O) groups excluding carboxylic acids is 2. The molecule has 4 aliphatic heterocycles. The van der Waals surface area contributed by atoms with Crippen LogP contribution >= 0.6 is 11.8 Å². The minimum absolute atomic E-state index is 0.0353. The van der Waals surface area contributed by atoms with Gasteiger partial charge in [-0.25, -0.2) is 8.42 Å². The largest absolute Gasteiger partial charge is 0.486 e. The number of sulfonamides is 1. The lowest BCUT2D eigenvalue weighted by Gasteiger charge is -2.39. The summed E-state index contributed by atoms with van der Waals surface area (Å²) in [5.41, 5.74) is 0. The lowest BCUT2D eigenvalue weighted by atomic mass is 10.1. The summed E-state index contributed by atoms with van der Waals surface area (Å²) in [5.74, 6) is 1.70. The highest BCUT2D eigenvalue weighted by Crippen LogP contribution is 2.46. The van der Waals surface area contributed by atoms with Crippen LogP contribution in [0.15, 0.2) is 23.1 Å². The van der Waals surface area contributed by atoms with Gasteiger partial charge in [-0.1, -0.05) is 0 Å². The third-order valence-corrected chi connectivity index (χ3v) is 9.44. The molecule has 0 spiro atoms. The molecule has 4 aliphatic rings. The first kappa shape index (κ1) is 20.0. The first-order valence-corrected chi connectivity index (χ1v) is 12.5. The normalized spacial score (nSPS) is 26.7. The second-order valence-corrected chi connectivity index (χ2v) is 11.0. The number of ether oxygens (including phenoxy) is 2. The average Bonchev–Trinajstić information content (AvgIpc) is 3.34. The van der Waals surface area contributed by atoms with Crippen molar-refractivity contribution in [2.24, 2.45) is 0 Å². The van der Waals surface area contributed by atoms with Gasteiger partial charge in [0.2, 0.25) is 15.9 Å². The van der Waals surface area contributed by atoms with Crippen LogP contribution in [0.2, 0.25) is 0 Å². The highest BCUT2D eigenvalue weighted by molar-refractivity contribution is 8.01. The lowest BCUT2D eigenvalue weighted by Crippen LogP contribution is -2.58. The zero-order chi connectivity index (χ0) is 20.9. The van der Waals surface area contributed by atoms with E-state index in [9.17, 15) is 18.0 Å². The first-order valence-electron chi connectivity index (χ1n) is 10.1. The molecular formula is C19H23N3O6S2. The summed E-state index contributed by atoms with van der Waals surface area (Å²) in [6, 6.07) is 4.64. The van der Waals surface area contributed by atoms with Crippen LogP contribution in [0.4, 0.5) is 0 Å². The Morgan fingerprint density at radius 1 is 1.03 bits per heavy atom. The van der Waals surface area contributed by atoms with Crippen LogP contribution in [0.1, 0.15) is 12.8 Å². The van der Waals surface area contributed by atoms with Gasteiger partial charge in [0, 0.05) is 51.0 Å². The Labute approximate surface area is 179 Å². The highest BCUT2D eigenvalue weighted by Gasteiger charge is 2.56. The summed E-state index contributed by atoms with van der Waals surface area (Å²) in [7, 11) is -3.70. The van der Waals surface area contributed by atoms with Crippen molar-refractivity contribution in [3.8, 4) is 11.5 Å². The molecule has 0 aliphatic carbocycles. The molecule has 1 aromatic carbocycles. The van der Waals surface area contributed by atoms with Gasteiger partial charge in [0.05, 0.1) is 4.90 Å². The number of piperazine rings is 1. The number of benzene rings is 1. The van der Waals surface area contributed by atoms with Crippen molar-refractivity contribution >= 4 is 33.6 Å². The molecule has 0 radical (unpaired) electrons. The predicted molar refractivity (Wildman–Crippen MR) is 109 cm³/mol. The molecule has 9 nitrogen and oxygen atoms in total. The number of hydrogen-bond acceptors (Lipinski definition) is 7. The Bertz CT molecular complexity index is 992. The van der Waals surface area contributed by atoms with E-state index in [0.29, 0.717) is 57.2 Å². The zero-order valence-corrected chi connectivity index (χ0v) is 18.0. The molecule has 5 rings (SSSR count). The molecule has 0 bridgehead atoms. The molecule has 4 heterocycles. The van der Waals surface area contributed by atoms with Crippen molar-refractivity contribution in [1.82, 2.24) is 14.1 Å². The van der Waals surface area contributed by atoms with Gasteiger partial charge in [-0.2, -0.15) is 4.31 Å². The Hall–Kier alpha value is -1.98. The van der Waals surface area contributed by atoms with E-state index in [-0.39, 0.29) is 29.8 Å². The van der Waals surface area contributed by atoms with Gasteiger partial charge in [0.1, 0.15) is 13.2 Å². The fourth-order valence-corrected chi connectivity index (χ4v) is 7.40. The summed E-state index contributed by atoms with van der Waals surface area (Å²) in [6.45, 7) is 2.50. The van der Waals surface area contributed by atoms with Crippen LogP contribution in [0.25, 0.3) is 0 Å². The summed E-state index contributed by atoms with van der Waals surface area (Å²) < 4.78 is 38.6. The van der Waals surface area contributed by atoms with Gasteiger partial charge in [0.15, 0.2) is 16.4 Å². The molecular weight excluding hydrogens is 430 g/mol. The van der Waals surface area contributed by atoms with E-state index in [1.54, 1.807) is 15.9 Å². The van der Waals surface area contributed by atoms with Crippen LogP contribution < -0.4 is 9.47 Å². The van der Waals surface area contributed by atoms with Crippen molar-refractivity contribution in [1.29, 1.82) is 0 Å². The fourth-order valence-electron chi connectivity index (χ4n) is 4.50. The van der Waals surface area contributed by atoms with Crippen LogP contribution in [-0.4, -0.2) is 90.9 Å². The van der Waals surface area contributed by atoms with Gasteiger partial charge in [-0.3, -0.25) is 9.59 Å². The van der Waals surface area contributed by atoms with E-state index in [4.69, 9.17) is 9.47 Å². The molecule has 0 saturated carbocycles. The standard InChI is InChI=1S/C19H23N3O6S2/c23-17-3-4-19(22(17)9-12-29-19)18(24)20-5-7-21(8-6-20)30(25,26)14-1-2-15-16(13-14)28-11-10-27-15/h1-2,13H,3-12H2/t19-/m0/s1. The number of rotatable bonds is 3. The molecule has 1 aromatic rings. The second kappa shape index (κ2) is 7.31. The smallest absolute Gasteiger partial charge is 0.259 e. The molecule has 30 heavy (non-hydrogen) atoms. The van der Waals surface area contributed by atoms with Gasteiger partial charge in [-0.05, 0) is 18.6 Å². The average molecular weight is 454 g/mol. The number of thioether (sulfide) groups is 1. The zero-order valence-electron chi connectivity index (χ0n) is 16.4. The van der Waals surface area contributed by atoms with E-state index in [2.05, 4.69) is 0 Å². The van der Waals surface area contributed by atoms with Crippen LogP contribution in [0, 0.1) is 0 Å². The topological polar surface area (TPSA) is 96.5 Å². The van der Waals surface area contributed by atoms with Crippen LogP contribution in [-0.2, 0) is 19.6 Å². The molecule has 11 heteroatoms. The van der Waals surface area contributed by atoms with E-state index in [1.807, 2.05) is 0 Å². The maximum Gasteiger partial charge on any atom is 0.259 e. The molecule has 162 valence electrons. The Morgan fingerprint density at radius 3 is 2.53 bits per heavy atom. The highest BCUT2D eigenvalue weighted by atomic mass is 32.2. The molecule has 0 N–H and O–H groups in total. The molecule has 0 aromatic heterocycles. The summed E-state index contributed by atoms with van der Waals surface area (Å²) in [5, 5.41) is 0. The maximum atomic E-state index is 13.2. The van der Waals surface area contributed by atoms with Crippen molar-refractivity contribution in [3.05, 3.63) is 18.2 Å². The third-order valence-electron chi connectivity index (χ3n) is 6.08. The maximum absolute atomic E-state index is 13.2. The molecule has 0 unspecified atom stereocenters. The van der Waals surface area contributed by atoms with Crippen LogP contribution in [0.3, 0.4) is 0 Å². The van der Waals surface area contributed by atoms with Gasteiger partial charge < -0.3 is 19.3 Å². The Balaban J connectivity index is 1.29. The second-order valence-electron chi connectivity index (χ2n) is 7.68. The van der Waals surface area contributed by atoms with Gasteiger partial charge in [-0.15, -0.1) is 11.8 Å². The predicted octanol–water partition coefficient (Wildman–Crippen LogP) is 0.356. The number of fused-ring (bicyclic) bond motifs is 2. The summed E-state index contributed by atoms with van der Waals surface area (Å²) in [4.78, 5) is 28.2. The first-order chi connectivity index (χ1) is 14.4. The number of amides is 2. The van der Waals surface area contributed by atoms with Crippen molar-refractivity contribution < 1.29 is 27.5 Å². The van der Waals surface area contributed by atoms with Crippen molar-refractivity contribution in [2.75, 3.05) is 51.7 Å². The monoisotopic (exact) mass is 453 g/mol. The van der Waals surface area contributed by atoms with E-state index in [0.717, 1.165) is 5.75 Å². The molecule has 3 saturated heterocycles. The Morgan fingerprint density at radius 2 is 1.77 bits per heavy atom. The van der Waals surface area contributed by atoms with E-state index < -0.39 is 14.9 Å². The molecule has 1 atom stereocenters. The molecule has 3 fully saturated rings. The third kappa shape index (κ3) is 3.05.